The molecule has 0 aliphatic heterocycles. The van der Waals surface area contributed by atoms with E-state index in [4.69, 9.17) is 5.41 Å². The molecular weight excluding hydrogens is 126 g/mol. The maximum atomic E-state index is 7.19. The van der Waals surface area contributed by atoms with Crippen molar-refractivity contribution in [2.45, 2.75) is 26.7 Å². The summed E-state index contributed by atoms with van der Waals surface area (Å²) in [6.45, 7) is 5.65. The maximum absolute atomic E-state index is 7.19. The lowest BCUT2D eigenvalue weighted by molar-refractivity contribution is 0.724. The van der Waals surface area contributed by atoms with Crippen LogP contribution in [-0.2, 0) is 0 Å². The molecule has 0 heterocycles. The predicted molar refractivity (Wildman–Crippen MR) is 43.3 cm³/mol. The normalized spacial score (nSPS) is 9.00. The van der Waals surface area contributed by atoms with E-state index in [0.717, 1.165) is 25.9 Å². The fourth-order valence-corrected chi connectivity index (χ4v) is 0.572. The number of nitrogens with one attached hydrogen (secondary N) is 2. The van der Waals surface area contributed by atoms with Crippen molar-refractivity contribution in [2.75, 3.05) is 13.1 Å². The molecule has 1 radical (unpaired) electrons. The maximum Gasteiger partial charge on any atom is 0.210 e. The van der Waals surface area contributed by atoms with Gasteiger partial charge in [0.2, 0.25) is 5.96 Å². The molecule has 0 bridgehead atoms. The average Bonchev–Trinajstić information content (AvgIpc) is 1.89. The second kappa shape index (κ2) is 6.39. The molecule has 59 valence electrons. The van der Waals surface area contributed by atoms with Crippen LogP contribution < -0.4 is 10.6 Å². The third kappa shape index (κ3) is 5.41. The second-order valence-electron chi connectivity index (χ2n) is 2.11. The predicted octanol–water partition coefficient (Wildman–Crippen LogP) is 0.935. The topological polar surface area (TPSA) is 50.0 Å². The zero-order valence-electron chi connectivity index (χ0n) is 6.78. The van der Waals surface area contributed by atoms with Crippen molar-refractivity contribution in [3.05, 3.63) is 0 Å². The van der Waals surface area contributed by atoms with Gasteiger partial charge in [-0.1, -0.05) is 13.3 Å². The van der Waals surface area contributed by atoms with Gasteiger partial charge in [-0.15, -0.1) is 0 Å². The lowest BCUT2D eigenvalue weighted by Crippen LogP contribution is -2.31. The Morgan fingerprint density at radius 1 is 1.50 bits per heavy atom. The van der Waals surface area contributed by atoms with Crippen LogP contribution in [0.2, 0.25) is 0 Å². The van der Waals surface area contributed by atoms with E-state index in [9.17, 15) is 0 Å². The van der Waals surface area contributed by atoms with Crippen LogP contribution >= 0.6 is 0 Å². The van der Waals surface area contributed by atoms with Gasteiger partial charge < -0.3 is 5.32 Å². The van der Waals surface area contributed by atoms with Crippen LogP contribution in [0.25, 0.3) is 0 Å². The first-order valence-corrected chi connectivity index (χ1v) is 3.81. The Kier molecular flexibility index (Phi) is 5.92. The minimum atomic E-state index is 0.316. The summed E-state index contributed by atoms with van der Waals surface area (Å²) in [4.78, 5) is 0. The quantitative estimate of drug-likeness (QED) is 0.342. The van der Waals surface area contributed by atoms with E-state index in [-0.39, 0.29) is 0 Å². The van der Waals surface area contributed by atoms with Crippen molar-refractivity contribution in [1.82, 2.24) is 10.6 Å². The number of hydrogen-bond acceptors (Lipinski definition) is 1. The zero-order chi connectivity index (χ0) is 7.82. The molecule has 0 aliphatic carbocycles. The Labute approximate surface area is 62.7 Å². The molecule has 0 amide bonds. The molecule has 0 atom stereocenters. The molecule has 10 heavy (non-hydrogen) atoms. The van der Waals surface area contributed by atoms with E-state index in [0.29, 0.717) is 5.96 Å². The van der Waals surface area contributed by atoms with E-state index >= 15 is 0 Å². The van der Waals surface area contributed by atoms with E-state index in [2.05, 4.69) is 17.6 Å². The number of rotatable bonds is 4. The third-order valence-corrected chi connectivity index (χ3v) is 1.13. The van der Waals surface area contributed by atoms with Gasteiger partial charge in [0.25, 0.3) is 0 Å². The summed E-state index contributed by atoms with van der Waals surface area (Å²) in [6.07, 6.45) is 2.22. The zero-order valence-corrected chi connectivity index (χ0v) is 6.78. The smallest absolute Gasteiger partial charge is 0.210 e. The van der Waals surface area contributed by atoms with Crippen LogP contribution in [0.1, 0.15) is 26.7 Å². The molecular formula is C7H16N3. The second-order valence-corrected chi connectivity index (χ2v) is 2.11. The summed E-state index contributed by atoms with van der Waals surface area (Å²) in [5.74, 6) is 0.316. The Balaban J connectivity index is 3.05. The molecule has 0 aromatic rings. The van der Waals surface area contributed by atoms with Crippen LogP contribution in [0, 0.1) is 5.41 Å². The van der Waals surface area contributed by atoms with Crippen LogP contribution in [0.15, 0.2) is 0 Å². The molecule has 0 unspecified atom stereocenters. The summed E-state index contributed by atoms with van der Waals surface area (Å²) in [5.41, 5.74) is 0. The van der Waals surface area contributed by atoms with Crippen molar-refractivity contribution >= 4 is 5.96 Å². The molecule has 0 saturated carbocycles. The standard InChI is InChI=1S/C7H16N3/c1-3-5-6-10-7(8)9-4-2/h3-6H2,1-2H3,(H2,8,9). The number of nitrogens with zero attached hydrogens (tertiary/aromatic N) is 1. The van der Waals surface area contributed by atoms with Gasteiger partial charge in [0.05, 0.1) is 0 Å². The molecule has 0 saturated heterocycles. The minimum absolute atomic E-state index is 0.316. The summed E-state index contributed by atoms with van der Waals surface area (Å²) < 4.78 is 0. The summed E-state index contributed by atoms with van der Waals surface area (Å²) in [6, 6.07) is 0. The summed E-state index contributed by atoms with van der Waals surface area (Å²) in [7, 11) is 0. The first-order chi connectivity index (χ1) is 4.81. The highest BCUT2D eigenvalue weighted by Gasteiger charge is 1.91. The highest BCUT2D eigenvalue weighted by Crippen LogP contribution is 1.82. The molecule has 0 aliphatic rings. The largest absolute Gasteiger partial charge is 0.355 e. The van der Waals surface area contributed by atoms with Gasteiger partial charge in [-0.05, 0) is 13.3 Å². The highest BCUT2D eigenvalue weighted by molar-refractivity contribution is 5.75. The van der Waals surface area contributed by atoms with Crippen molar-refractivity contribution in [1.29, 1.82) is 5.41 Å². The first kappa shape index (κ1) is 9.27. The van der Waals surface area contributed by atoms with Crippen molar-refractivity contribution in [3.8, 4) is 0 Å². The highest BCUT2D eigenvalue weighted by atomic mass is 15.1. The average molecular weight is 142 g/mol. The van der Waals surface area contributed by atoms with Crippen LogP contribution in [0.5, 0.6) is 0 Å². The van der Waals surface area contributed by atoms with Crippen LogP contribution in [0.3, 0.4) is 0 Å². The molecule has 0 fully saturated rings. The first-order valence-electron chi connectivity index (χ1n) is 3.81. The van der Waals surface area contributed by atoms with E-state index in [1.54, 1.807) is 0 Å². The van der Waals surface area contributed by atoms with Crippen molar-refractivity contribution in [3.63, 3.8) is 0 Å². The fraction of sp³-hybridized carbons (Fsp3) is 0.857. The van der Waals surface area contributed by atoms with E-state index in [1.165, 1.54) is 0 Å². The van der Waals surface area contributed by atoms with E-state index < -0.39 is 0 Å². The van der Waals surface area contributed by atoms with Gasteiger partial charge in [-0.3, -0.25) is 10.7 Å². The number of unbranched alkanes of at least 4 members (excludes halogenated alkanes) is 1. The minimum Gasteiger partial charge on any atom is -0.355 e. The Hall–Kier alpha value is -0.730. The Morgan fingerprint density at radius 3 is 2.70 bits per heavy atom. The summed E-state index contributed by atoms with van der Waals surface area (Å²) >= 11 is 0. The van der Waals surface area contributed by atoms with Gasteiger partial charge in [-0.25, -0.2) is 0 Å². The van der Waals surface area contributed by atoms with Crippen LogP contribution in [-0.4, -0.2) is 19.0 Å². The molecule has 3 heteroatoms. The number of guanidine groups is 1. The van der Waals surface area contributed by atoms with Gasteiger partial charge in [0.15, 0.2) is 0 Å². The van der Waals surface area contributed by atoms with Gasteiger partial charge in [0.1, 0.15) is 0 Å². The van der Waals surface area contributed by atoms with Gasteiger partial charge in [0, 0.05) is 13.1 Å². The molecule has 2 N–H and O–H groups in total. The lowest BCUT2D eigenvalue weighted by atomic mass is 10.3. The summed E-state index contributed by atoms with van der Waals surface area (Å²) in [5, 5.41) is 14.0. The molecule has 3 nitrogen and oxygen atoms in total. The van der Waals surface area contributed by atoms with Crippen LogP contribution in [0.4, 0.5) is 0 Å². The Bertz CT molecular complexity index is 90.9. The number of hydrogen-bond donors (Lipinski definition) is 2. The van der Waals surface area contributed by atoms with Crippen molar-refractivity contribution < 1.29 is 0 Å². The molecule has 0 rings (SSSR count). The molecule has 0 aromatic heterocycles. The molecule has 0 aromatic carbocycles. The lowest BCUT2D eigenvalue weighted by Gasteiger charge is -2.03. The SMILES string of the molecule is CCCC[N]C(=N)NCC. The molecule has 0 spiro atoms. The van der Waals surface area contributed by atoms with Gasteiger partial charge >= 0.3 is 0 Å². The van der Waals surface area contributed by atoms with E-state index in [1.807, 2.05) is 6.92 Å². The fourth-order valence-electron chi connectivity index (χ4n) is 0.572. The van der Waals surface area contributed by atoms with Gasteiger partial charge in [-0.2, -0.15) is 0 Å². The van der Waals surface area contributed by atoms with Crippen molar-refractivity contribution in [2.24, 2.45) is 0 Å². The Morgan fingerprint density at radius 2 is 2.20 bits per heavy atom. The monoisotopic (exact) mass is 142 g/mol. The third-order valence-electron chi connectivity index (χ3n) is 1.13.